The summed E-state index contributed by atoms with van der Waals surface area (Å²) in [7, 11) is 1.57. The first-order chi connectivity index (χ1) is 18.3. The number of hydrogen-bond donors (Lipinski definition) is 2. The number of hydrogen-bond acceptors (Lipinski definition) is 6. The van der Waals surface area contributed by atoms with E-state index in [0.717, 1.165) is 5.56 Å². The number of fused-ring (bicyclic) bond motifs is 1. The van der Waals surface area contributed by atoms with Crippen molar-refractivity contribution in [1.29, 1.82) is 0 Å². The molecule has 0 spiro atoms. The SMILES string of the molecule is CCN(CCOC)C(=O)CNC(=O)N1Cc2ccccc2N(C(=O)c2ccc(OCCO)cc2Cl)C[C@H]1C. The Morgan fingerprint density at radius 2 is 1.95 bits per heavy atom. The molecule has 1 aliphatic heterocycles. The van der Waals surface area contributed by atoms with E-state index in [0.29, 0.717) is 36.7 Å². The van der Waals surface area contributed by atoms with Gasteiger partial charge in [-0.25, -0.2) is 4.79 Å². The van der Waals surface area contributed by atoms with Gasteiger partial charge in [-0.1, -0.05) is 29.8 Å². The molecule has 11 heteroatoms. The Hall–Kier alpha value is -3.34. The number of carbonyl (C=O) groups excluding carboxylic acids is 3. The highest BCUT2D eigenvalue weighted by Crippen LogP contribution is 2.31. The number of benzene rings is 2. The molecule has 0 aromatic heterocycles. The summed E-state index contributed by atoms with van der Waals surface area (Å²) in [6.07, 6.45) is 0. The molecule has 3 rings (SSSR count). The molecule has 0 fully saturated rings. The van der Waals surface area contributed by atoms with Crippen LogP contribution in [0, 0.1) is 0 Å². The van der Waals surface area contributed by atoms with Crippen molar-refractivity contribution in [1.82, 2.24) is 15.1 Å². The van der Waals surface area contributed by atoms with E-state index in [9.17, 15) is 14.4 Å². The van der Waals surface area contributed by atoms with Crippen molar-refractivity contribution < 1.29 is 29.0 Å². The van der Waals surface area contributed by atoms with Gasteiger partial charge in [0.1, 0.15) is 12.4 Å². The minimum Gasteiger partial charge on any atom is -0.491 e. The predicted octanol–water partition coefficient (Wildman–Crippen LogP) is 2.77. The highest BCUT2D eigenvalue weighted by molar-refractivity contribution is 6.34. The fourth-order valence-electron chi connectivity index (χ4n) is 4.27. The summed E-state index contributed by atoms with van der Waals surface area (Å²) < 4.78 is 10.4. The molecule has 2 aromatic carbocycles. The number of nitrogens with one attached hydrogen (secondary N) is 1. The van der Waals surface area contributed by atoms with Crippen molar-refractivity contribution >= 4 is 35.1 Å². The second kappa shape index (κ2) is 14.0. The van der Waals surface area contributed by atoms with Gasteiger partial charge in [0.25, 0.3) is 5.91 Å². The molecule has 0 aliphatic carbocycles. The highest BCUT2D eigenvalue weighted by Gasteiger charge is 2.32. The topological polar surface area (TPSA) is 112 Å². The largest absolute Gasteiger partial charge is 0.491 e. The van der Waals surface area contributed by atoms with Gasteiger partial charge in [0.2, 0.25) is 5.91 Å². The summed E-state index contributed by atoms with van der Waals surface area (Å²) in [5.41, 5.74) is 1.77. The van der Waals surface area contributed by atoms with Gasteiger partial charge in [0.15, 0.2) is 0 Å². The first kappa shape index (κ1) is 29.2. The van der Waals surface area contributed by atoms with Gasteiger partial charge in [-0.15, -0.1) is 0 Å². The zero-order chi connectivity index (χ0) is 27.7. The van der Waals surface area contributed by atoms with E-state index in [4.69, 9.17) is 26.2 Å². The number of rotatable bonds is 10. The van der Waals surface area contributed by atoms with Crippen molar-refractivity contribution in [2.24, 2.45) is 0 Å². The average molecular weight is 547 g/mol. The number of aliphatic hydroxyl groups excluding tert-OH is 1. The number of halogens is 1. The molecule has 0 radical (unpaired) electrons. The Morgan fingerprint density at radius 1 is 1.18 bits per heavy atom. The number of ether oxygens (including phenoxy) is 2. The van der Waals surface area contributed by atoms with Crippen LogP contribution in [-0.2, 0) is 16.1 Å². The molecular weight excluding hydrogens is 512 g/mol. The zero-order valence-electron chi connectivity index (χ0n) is 22.0. The molecule has 0 saturated carbocycles. The Kier molecular flexibility index (Phi) is 10.8. The van der Waals surface area contributed by atoms with Crippen molar-refractivity contribution in [3.05, 3.63) is 58.6 Å². The standard InChI is InChI=1S/C27H35ClN4O6/c1-4-30(11-13-37-3)25(34)16-29-27(36)31-18-20-7-5-6-8-24(20)32(17-19(31)2)26(35)22-10-9-21(15-23(22)28)38-14-12-33/h5-10,15,19,33H,4,11-14,16-18H2,1-3H3,(H,29,36)/t19-/m1/s1. The van der Waals surface area contributed by atoms with Crippen LogP contribution in [0.5, 0.6) is 5.75 Å². The maximum atomic E-state index is 13.7. The van der Waals surface area contributed by atoms with E-state index in [2.05, 4.69) is 5.32 Å². The van der Waals surface area contributed by atoms with Gasteiger partial charge in [0, 0.05) is 45.0 Å². The van der Waals surface area contributed by atoms with Gasteiger partial charge < -0.3 is 34.6 Å². The van der Waals surface area contributed by atoms with Crippen LogP contribution in [0.3, 0.4) is 0 Å². The Morgan fingerprint density at radius 3 is 2.63 bits per heavy atom. The first-order valence-corrected chi connectivity index (χ1v) is 12.9. The number of anilines is 1. The summed E-state index contributed by atoms with van der Waals surface area (Å²) in [5, 5.41) is 11.9. The van der Waals surface area contributed by atoms with Crippen LogP contribution >= 0.6 is 11.6 Å². The number of urea groups is 1. The van der Waals surface area contributed by atoms with E-state index in [1.165, 1.54) is 0 Å². The summed E-state index contributed by atoms with van der Waals surface area (Å²) >= 11 is 6.44. The molecule has 1 aliphatic rings. The molecule has 206 valence electrons. The lowest BCUT2D eigenvalue weighted by molar-refractivity contribution is -0.130. The molecule has 10 nitrogen and oxygen atoms in total. The second-order valence-corrected chi connectivity index (χ2v) is 9.27. The molecule has 0 saturated heterocycles. The lowest BCUT2D eigenvalue weighted by Gasteiger charge is -2.30. The Labute approximate surface area is 228 Å². The van der Waals surface area contributed by atoms with Crippen molar-refractivity contribution in [2.45, 2.75) is 26.4 Å². The van der Waals surface area contributed by atoms with Crippen molar-refractivity contribution in [2.75, 3.05) is 58.0 Å². The lowest BCUT2D eigenvalue weighted by atomic mass is 10.1. The number of carbonyl (C=O) groups is 3. The van der Waals surface area contributed by atoms with Gasteiger partial charge >= 0.3 is 6.03 Å². The van der Waals surface area contributed by atoms with Crippen LogP contribution in [0.2, 0.25) is 5.02 Å². The molecule has 38 heavy (non-hydrogen) atoms. The van der Waals surface area contributed by atoms with E-state index in [1.807, 2.05) is 38.1 Å². The molecular formula is C27H35ClN4O6. The maximum Gasteiger partial charge on any atom is 0.318 e. The number of amides is 4. The smallest absolute Gasteiger partial charge is 0.318 e. The monoisotopic (exact) mass is 546 g/mol. The van der Waals surface area contributed by atoms with Crippen LogP contribution in [0.25, 0.3) is 0 Å². The van der Waals surface area contributed by atoms with E-state index >= 15 is 0 Å². The number of para-hydroxylation sites is 1. The lowest BCUT2D eigenvalue weighted by Crippen LogP contribution is -2.50. The van der Waals surface area contributed by atoms with E-state index in [-0.39, 0.29) is 61.8 Å². The molecule has 1 heterocycles. The third kappa shape index (κ3) is 7.15. The molecule has 2 N–H and O–H groups in total. The quantitative estimate of drug-likeness (QED) is 0.474. The Bertz CT molecular complexity index is 1130. The average Bonchev–Trinajstić information content (AvgIpc) is 3.07. The third-order valence-electron chi connectivity index (χ3n) is 6.33. The Balaban J connectivity index is 1.78. The summed E-state index contributed by atoms with van der Waals surface area (Å²) in [4.78, 5) is 44.3. The molecule has 2 aromatic rings. The zero-order valence-corrected chi connectivity index (χ0v) is 22.7. The molecule has 0 unspecified atom stereocenters. The molecule has 4 amide bonds. The molecule has 1 atom stereocenters. The van der Waals surface area contributed by atoms with E-state index in [1.54, 1.807) is 40.0 Å². The van der Waals surface area contributed by atoms with Crippen LogP contribution in [0.1, 0.15) is 29.8 Å². The fourth-order valence-corrected chi connectivity index (χ4v) is 4.52. The molecule has 0 bridgehead atoms. The normalized spacial score (nSPS) is 14.9. The van der Waals surface area contributed by atoms with Crippen LogP contribution < -0.4 is 15.0 Å². The van der Waals surface area contributed by atoms with Gasteiger partial charge in [-0.3, -0.25) is 9.59 Å². The minimum absolute atomic E-state index is 0.119. The number of methoxy groups -OCH3 is 1. The third-order valence-corrected chi connectivity index (χ3v) is 6.64. The van der Waals surface area contributed by atoms with Gasteiger partial charge in [-0.2, -0.15) is 0 Å². The number of likely N-dealkylation sites (N-methyl/N-ethyl adjacent to an activating group) is 1. The summed E-state index contributed by atoms with van der Waals surface area (Å²) in [5.74, 6) is -0.0534. The fraction of sp³-hybridized carbons (Fsp3) is 0.444. The van der Waals surface area contributed by atoms with Gasteiger partial charge in [-0.05, 0) is 43.7 Å². The van der Waals surface area contributed by atoms with Gasteiger partial charge in [0.05, 0.1) is 30.3 Å². The van der Waals surface area contributed by atoms with Crippen LogP contribution in [-0.4, -0.2) is 91.9 Å². The predicted molar refractivity (Wildman–Crippen MR) is 145 cm³/mol. The maximum absolute atomic E-state index is 13.7. The van der Waals surface area contributed by atoms with Crippen molar-refractivity contribution in [3.8, 4) is 5.75 Å². The number of nitrogens with zero attached hydrogens (tertiary/aromatic N) is 3. The van der Waals surface area contributed by atoms with Crippen LogP contribution in [0.15, 0.2) is 42.5 Å². The van der Waals surface area contributed by atoms with Crippen molar-refractivity contribution in [3.63, 3.8) is 0 Å². The summed E-state index contributed by atoms with van der Waals surface area (Å²) in [6, 6.07) is 11.4. The first-order valence-electron chi connectivity index (χ1n) is 12.5. The number of aliphatic hydroxyl groups is 1. The second-order valence-electron chi connectivity index (χ2n) is 8.86. The van der Waals surface area contributed by atoms with Crippen LogP contribution in [0.4, 0.5) is 10.5 Å². The highest BCUT2D eigenvalue weighted by atomic mass is 35.5. The minimum atomic E-state index is -0.388. The summed E-state index contributed by atoms with van der Waals surface area (Å²) in [6.45, 7) is 5.45. The van der Waals surface area contributed by atoms with E-state index < -0.39 is 0 Å².